The summed E-state index contributed by atoms with van der Waals surface area (Å²) in [7, 11) is 0. The van der Waals surface area contributed by atoms with Gasteiger partial charge in [-0.15, -0.1) is 0 Å². The van der Waals surface area contributed by atoms with E-state index in [1.54, 1.807) is 13.8 Å². The van der Waals surface area contributed by atoms with Gasteiger partial charge in [0, 0.05) is 5.39 Å². The number of nitrogens with zero attached hydrogens (tertiary/aromatic N) is 1. The first-order valence-electron chi connectivity index (χ1n) is 5.16. The lowest BCUT2D eigenvalue weighted by Crippen LogP contribution is -2.14. The molecule has 16 heavy (non-hydrogen) atoms. The van der Waals surface area contributed by atoms with Crippen molar-refractivity contribution < 1.29 is 5.11 Å². The molecule has 1 aromatic carbocycles. The summed E-state index contributed by atoms with van der Waals surface area (Å²) >= 11 is 0. The summed E-state index contributed by atoms with van der Waals surface area (Å²) in [5.74, 6) is 5.61. The molecule has 2 heteroatoms. The van der Waals surface area contributed by atoms with Crippen LogP contribution < -0.4 is 0 Å². The van der Waals surface area contributed by atoms with E-state index in [-0.39, 0.29) is 0 Å². The third kappa shape index (κ3) is 2.59. The molecule has 0 saturated heterocycles. The molecule has 80 valence electrons. The van der Waals surface area contributed by atoms with Gasteiger partial charge in [0.1, 0.15) is 11.3 Å². The van der Waals surface area contributed by atoms with Gasteiger partial charge in [-0.2, -0.15) is 0 Å². The van der Waals surface area contributed by atoms with E-state index in [1.165, 1.54) is 0 Å². The van der Waals surface area contributed by atoms with Crippen LogP contribution >= 0.6 is 0 Å². The van der Waals surface area contributed by atoms with E-state index >= 15 is 0 Å². The highest BCUT2D eigenvalue weighted by molar-refractivity contribution is 5.78. The molecule has 0 fully saturated rings. The number of aromatic nitrogens is 1. The van der Waals surface area contributed by atoms with E-state index < -0.39 is 5.60 Å². The lowest BCUT2D eigenvalue weighted by Gasteiger charge is -2.05. The van der Waals surface area contributed by atoms with Gasteiger partial charge in [-0.3, -0.25) is 0 Å². The van der Waals surface area contributed by atoms with Crippen LogP contribution in [0.4, 0.5) is 0 Å². The van der Waals surface area contributed by atoms with Crippen molar-refractivity contribution in [3.8, 4) is 11.8 Å². The maximum absolute atomic E-state index is 9.49. The molecule has 0 spiro atoms. The van der Waals surface area contributed by atoms with Crippen molar-refractivity contribution in [3.05, 3.63) is 42.1 Å². The fourth-order valence-corrected chi connectivity index (χ4v) is 1.35. The predicted molar refractivity (Wildman–Crippen MR) is 64.9 cm³/mol. The van der Waals surface area contributed by atoms with Gasteiger partial charge in [0.2, 0.25) is 0 Å². The van der Waals surface area contributed by atoms with Crippen molar-refractivity contribution in [2.45, 2.75) is 19.4 Å². The van der Waals surface area contributed by atoms with Gasteiger partial charge in [-0.25, -0.2) is 4.98 Å². The minimum atomic E-state index is -0.979. The highest BCUT2D eigenvalue weighted by atomic mass is 16.3. The topological polar surface area (TPSA) is 33.1 Å². The fourth-order valence-electron chi connectivity index (χ4n) is 1.35. The molecular formula is C14H13NO. The number of fused-ring (bicyclic) bond motifs is 1. The van der Waals surface area contributed by atoms with Crippen molar-refractivity contribution in [2.24, 2.45) is 0 Å². The minimum absolute atomic E-state index is 0.681. The maximum atomic E-state index is 9.49. The van der Waals surface area contributed by atoms with Crippen molar-refractivity contribution in [1.29, 1.82) is 0 Å². The summed E-state index contributed by atoms with van der Waals surface area (Å²) in [6.45, 7) is 3.31. The summed E-state index contributed by atoms with van der Waals surface area (Å²) in [5.41, 5.74) is 0.624. The Morgan fingerprint density at radius 1 is 1.12 bits per heavy atom. The Hall–Kier alpha value is -1.85. The molecule has 2 nitrogen and oxygen atoms in total. The molecule has 0 atom stereocenters. The molecule has 0 unspecified atom stereocenters. The monoisotopic (exact) mass is 211 g/mol. The third-order valence-corrected chi connectivity index (χ3v) is 2.09. The molecule has 0 bridgehead atoms. The van der Waals surface area contributed by atoms with Gasteiger partial charge in [-0.05, 0) is 31.9 Å². The number of para-hydroxylation sites is 1. The Labute approximate surface area is 95.0 Å². The van der Waals surface area contributed by atoms with Crippen LogP contribution in [0.2, 0.25) is 0 Å². The predicted octanol–water partition coefficient (Wildman–Crippen LogP) is 2.36. The number of hydrogen-bond acceptors (Lipinski definition) is 2. The zero-order valence-corrected chi connectivity index (χ0v) is 9.36. The van der Waals surface area contributed by atoms with Gasteiger partial charge in [-0.1, -0.05) is 30.2 Å². The van der Waals surface area contributed by atoms with E-state index in [0.717, 1.165) is 10.9 Å². The molecular weight excluding hydrogens is 198 g/mol. The summed E-state index contributed by atoms with van der Waals surface area (Å²) in [4.78, 5) is 4.39. The highest BCUT2D eigenvalue weighted by Crippen LogP contribution is 2.11. The number of rotatable bonds is 0. The van der Waals surface area contributed by atoms with Gasteiger partial charge in [0.05, 0.1) is 5.52 Å². The molecule has 2 rings (SSSR count). The van der Waals surface area contributed by atoms with Crippen molar-refractivity contribution in [3.63, 3.8) is 0 Å². The van der Waals surface area contributed by atoms with Crippen LogP contribution in [0, 0.1) is 11.8 Å². The quantitative estimate of drug-likeness (QED) is 0.678. The standard InChI is InChI=1S/C14H13NO/c1-14(2,16)10-9-12-8-7-11-5-3-4-6-13(11)15-12/h3-8,16H,1-2H3. The van der Waals surface area contributed by atoms with E-state index in [0.29, 0.717) is 5.69 Å². The molecule has 0 amide bonds. The Morgan fingerprint density at radius 3 is 2.62 bits per heavy atom. The average Bonchev–Trinajstić information content (AvgIpc) is 2.25. The second-order valence-electron chi connectivity index (χ2n) is 4.20. The molecule has 0 saturated carbocycles. The second kappa shape index (κ2) is 3.96. The lowest BCUT2D eigenvalue weighted by atomic mass is 10.1. The van der Waals surface area contributed by atoms with E-state index in [1.807, 2.05) is 36.4 Å². The molecule has 0 aliphatic heterocycles. The minimum Gasteiger partial charge on any atom is -0.378 e. The first-order valence-corrected chi connectivity index (χ1v) is 5.16. The molecule has 1 aromatic heterocycles. The molecule has 1 N–H and O–H groups in total. The summed E-state index contributed by atoms with van der Waals surface area (Å²) in [6, 6.07) is 11.7. The van der Waals surface area contributed by atoms with Crippen LogP contribution in [-0.4, -0.2) is 15.7 Å². The van der Waals surface area contributed by atoms with Crippen LogP contribution in [0.25, 0.3) is 10.9 Å². The molecule has 0 radical (unpaired) electrons. The average molecular weight is 211 g/mol. The van der Waals surface area contributed by atoms with E-state index in [2.05, 4.69) is 16.8 Å². The Bertz CT molecular complexity index is 570. The van der Waals surface area contributed by atoms with Crippen LogP contribution in [0.15, 0.2) is 36.4 Å². The highest BCUT2D eigenvalue weighted by Gasteiger charge is 2.05. The molecule has 0 aliphatic rings. The first-order chi connectivity index (χ1) is 7.54. The van der Waals surface area contributed by atoms with Crippen molar-refractivity contribution in [2.75, 3.05) is 0 Å². The zero-order chi connectivity index (χ0) is 11.6. The SMILES string of the molecule is CC(C)(O)C#Cc1ccc2ccccc2n1. The summed E-state index contributed by atoms with van der Waals surface area (Å²) in [5, 5.41) is 10.6. The van der Waals surface area contributed by atoms with E-state index in [9.17, 15) is 5.11 Å². The first kappa shape index (κ1) is 10.7. The maximum Gasteiger partial charge on any atom is 0.120 e. The fraction of sp³-hybridized carbons (Fsp3) is 0.214. The van der Waals surface area contributed by atoms with Crippen molar-refractivity contribution in [1.82, 2.24) is 4.98 Å². The summed E-state index contributed by atoms with van der Waals surface area (Å²) < 4.78 is 0. The van der Waals surface area contributed by atoms with Crippen molar-refractivity contribution >= 4 is 10.9 Å². The molecule has 1 heterocycles. The van der Waals surface area contributed by atoms with Gasteiger partial charge in [0.15, 0.2) is 0 Å². The van der Waals surface area contributed by atoms with E-state index in [4.69, 9.17) is 0 Å². The summed E-state index contributed by atoms with van der Waals surface area (Å²) in [6.07, 6.45) is 0. The number of pyridine rings is 1. The number of aliphatic hydroxyl groups is 1. The normalized spacial score (nSPS) is 10.9. The Balaban J connectivity index is 2.43. The van der Waals surface area contributed by atoms with Crippen LogP contribution in [0.5, 0.6) is 0 Å². The number of hydrogen-bond donors (Lipinski definition) is 1. The van der Waals surface area contributed by atoms with Crippen LogP contribution in [-0.2, 0) is 0 Å². The Kier molecular flexibility index (Phi) is 2.64. The van der Waals surface area contributed by atoms with Crippen LogP contribution in [0.1, 0.15) is 19.5 Å². The van der Waals surface area contributed by atoms with Gasteiger partial charge >= 0.3 is 0 Å². The molecule has 0 aliphatic carbocycles. The second-order valence-corrected chi connectivity index (χ2v) is 4.20. The zero-order valence-electron chi connectivity index (χ0n) is 9.36. The smallest absolute Gasteiger partial charge is 0.120 e. The largest absolute Gasteiger partial charge is 0.378 e. The third-order valence-electron chi connectivity index (χ3n) is 2.09. The molecule has 2 aromatic rings. The Morgan fingerprint density at radius 2 is 1.88 bits per heavy atom. The van der Waals surface area contributed by atoms with Gasteiger partial charge in [0.25, 0.3) is 0 Å². The van der Waals surface area contributed by atoms with Crippen LogP contribution in [0.3, 0.4) is 0 Å². The van der Waals surface area contributed by atoms with Gasteiger partial charge < -0.3 is 5.11 Å². The number of benzene rings is 1. The lowest BCUT2D eigenvalue weighted by molar-refractivity contribution is 0.143.